The average molecular weight is 472 g/mol. The molecule has 3 aromatic rings. The molecule has 1 aliphatic carbocycles. The first kappa shape index (κ1) is 22.8. The Kier molecular flexibility index (Phi) is 6.11. The third-order valence-electron chi connectivity index (χ3n) is 6.85. The van der Waals surface area contributed by atoms with E-state index in [1.807, 2.05) is 61.5 Å². The molecule has 8 heteroatoms. The van der Waals surface area contributed by atoms with Crippen molar-refractivity contribution in [3.63, 3.8) is 0 Å². The van der Waals surface area contributed by atoms with Gasteiger partial charge in [0.15, 0.2) is 0 Å². The molecule has 1 aromatic heterocycles. The van der Waals surface area contributed by atoms with E-state index in [1.54, 1.807) is 10.9 Å². The summed E-state index contributed by atoms with van der Waals surface area (Å²) in [4.78, 5) is 39.6. The Bertz CT molecular complexity index is 1240. The summed E-state index contributed by atoms with van der Waals surface area (Å²) >= 11 is 0. The first-order valence-corrected chi connectivity index (χ1v) is 12.1. The predicted octanol–water partition coefficient (Wildman–Crippen LogP) is 3.83. The molecule has 5 rings (SSSR count). The number of aromatic nitrogens is 2. The Morgan fingerprint density at radius 2 is 1.77 bits per heavy atom. The molecule has 0 atom stereocenters. The molecule has 2 heterocycles. The maximum absolute atomic E-state index is 13.1. The zero-order valence-corrected chi connectivity index (χ0v) is 19.8. The number of imide groups is 1. The molecule has 1 spiro atoms. The van der Waals surface area contributed by atoms with Crippen molar-refractivity contribution in [2.45, 2.75) is 44.6 Å². The maximum Gasteiger partial charge on any atom is 0.325 e. The number of rotatable bonds is 7. The van der Waals surface area contributed by atoms with Gasteiger partial charge in [0.2, 0.25) is 0 Å². The summed E-state index contributed by atoms with van der Waals surface area (Å²) in [5.41, 5.74) is 3.23. The number of nitrogens with one attached hydrogen (secondary N) is 2. The number of carbonyl (C=O) groups excluding carboxylic acids is 3. The van der Waals surface area contributed by atoms with Crippen LogP contribution in [0, 0.1) is 6.92 Å². The first-order chi connectivity index (χ1) is 17.0. The Morgan fingerprint density at radius 1 is 1.06 bits per heavy atom. The lowest BCUT2D eigenvalue weighted by molar-refractivity contribution is -0.131. The van der Waals surface area contributed by atoms with Gasteiger partial charge in [0.25, 0.3) is 11.8 Å². The van der Waals surface area contributed by atoms with Gasteiger partial charge in [-0.1, -0.05) is 60.9 Å². The Labute approximate surface area is 204 Å². The van der Waals surface area contributed by atoms with Crippen molar-refractivity contribution in [1.82, 2.24) is 25.3 Å². The van der Waals surface area contributed by atoms with Gasteiger partial charge in [0.1, 0.15) is 11.2 Å². The highest BCUT2D eigenvalue weighted by Gasteiger charge is 2.51. The minimum absolute atomic E-state index is 0.128. The lowest BCUT2D eigenvalue weighted by Gasteiger charge is -2.20. The summed E-state index contributed by atoms with van der Waals surface area (Å²) in [5, 5.41) is 10.5. The highest BCUT2D eigenvalue weighted by molar-refractivity contribution is 6.07. The second-order valence-corrected chi connectivity index (χ2v) is 9.32. The van der Waals surface area contributed by atoms with Crippen LogP contribution < -0.4 is 10.6 Å². The van der Waals surface area contributed by atoms with Crippen LogP contribution in [0.25, 0.3) is 16.9 Å². The smallest absolute Gasteiger partial charge is 0.325 e. The van der Waals surface area contributed by atoms with Gasteiger partial charge < -0.3 is 10.6 Å². The van der Waals surface area contributed by atoms with E-state index in [9.17, 15) is 14.4 Å². The number of aryl methyl sites for hydroxylation is 1. The van der Waals surface area contributed by atoms with Crippen LogP contribution in [0.2, 0.25) is 0 Å². The van der Waals surface area contributed by atoms with E-state index in [-0.39, 0.29) is 24.4 Å². The summed E-state index contributed by atoms with van der Waals surface area (Å²) in [6, 6.07) is 17.2. The molecule has 1 saturated heterocycles. The lowest BCUT2D eigenvalue weighted by atomic mass is 9.98. The number of hydrogen-bond donors (Lipinski definition) is 2. The third-order valence-corrected chi connectivity index (χ3v) is 6.85. The maximum atomic E-state index is 13.1. The molecule has 1 aliphatic heterocycles. The minimum Gasteiger partial charge on any atom is -0.352 e. The molecule has 0 unspecified atom stereocenters. The van der Waals surface area contributed by atoms with Crippen molar-refractivity contribution in [3.05, 3.63) is 71.9 Å². The van der Waals surface area contributed by atoms with Crippen molar-refractivity contribution in [3.8, 4) is 16.9 Å². The van der Waals surface area contributed by atoms with Crippen molar-refractivity contribution in [2.24, 2.45) is 0 Å². The monoisotopic (exact) mass is 471 g/mol. The average Bonchev–Trinajstić information content (AvgIpc) is 3.58. The molecule has 8 nitrogen and oxygen atoms in total. The van der Waals surface area contributed by atoms with Gasteiger partial charge in [-0.2, -0.15) is 5.10 Å². The largest absolute Gasteiger partial charge is 0.352 e. The van der Waals surface area contributed by atoms with Crippen LogP contribution >= 0.6 is 0 Å². The predicted molar refractivity (Wildman–Crippen MR) is 132 cm³/mol. The van der Waals surface area contributed by atoms with Crippen molar-refractivity contribution in [1.29, 1.82) is 0 Å². The van der Waals surface area contributed by atoms with Gasteiger partial charge in [-0.25, -0.2) is 9.48 Å². The highest BCUT2D eigenvalue weighted by Crippen LogP contribution is 2.35. The summed E-state index contributed by atoms with van der Waals surface area (Å²) in [6.07, 6.45) is 5.54. The fraction of sp³-hybridized carbons (Fsp3) is 0.333. The van der Waals surface area contributed by atoms with Crippen LogP contribution in [0.4, 0.5) is 4.79 Å². The number of carbonyl (C=O) groups is 3. The molecule has 4 amide bonds. The fourth-order valence-corrected chi connectivity index (χ4v) is 4.91. The number of amides is 4. The third kappa shape index (κ3) is 4.43. The van der Waals surface area contributed by atoms with Crippen molar-refractivity contribution < 1.29 is 14.4 Å². The summed E-state index contributed by atoms with van der Waals surface area (Å²) < 4.78 is 1.71. The van der Waals surface area contributed by atoms with Gasteiger partial charge in [-0.3, -0.25) is 14.5 Å². The van der Waals surface area contributed by atoms with Gasteiger partial charge in [0.05, 0.1) is 11.3 Å². The fourth-order valence-electron chi connectivity index (χ4n) is 4.91. The van der Waals surface area contributed by atoms with Crippen LogP contribution in [0.5, 0.6) is 0 Å². The summed E-state index contributed by atoms with van der Waals surface area (Å²) in [6.45, 7) is 2.64. The second-order valence-electron chi connectivity index (χ2n) is 9.32. The number of urea groups is 1. The molecule has 2 fully saturated rings. The van der Waals surface area contributed by atoms with Gasteiger partial charge in [0, 0.05) is 24.8 Å². The van der Waals surface area contributed by atoms with Crippen molar-refractivity contribution >= 4 is 17.8 Å². The standard InChI is InChI=1S/C27H29N5O3/c1-19-10-12-21(13-11-19)32-18-22(23(30-32)20-8-3-2-4-9-20)24(33)28-16-7-17-31-25(34)27(29-26(31)35)14-5-6-15-27/h2-4,8-13,18H,5-7,14-17H2,1H3,(H,28,33)(H,29,35). The Balaban J connectivity index is 1.27. The van der Waals surface area contributed by atoms with Crippen LogP contribution in [-0.2, 0) is 4.79 Å². The van der Waals surface area contributed by atoms with Crippen LogP contribution in [0.1, 0.15) is 48.0 Å². The molecule has 2 aliphatic rings. The van der Waals surface area contributed by atoms with Gasteiger partial charge in [-0.15, -0.1) is 0 Å². The molecule has 180 valence electrons. The molecule has 2 aromatic carbocycles. The zero-order chi connectivity index (χ0) is 24.4. The SMILES string of the molecule is Cc1ccc(-n2cc(C(=O)NCCCN3C(=O)NC4(CCCC4)C3=O)c(-c3ccccc3)n2)cc1. The Hall–Kier alpha value is -3.94. The van der Waals surface area contributed by atoms with E-state index < -0.39 is 5.54 Å². The van der Waals surface area contributed by atoms with Crippen molar-refractivity contribution in [2.75, 3.05) is 13.1 Å². The summed E-state index contributed by atoms with van der Waals surface area (Å²) in [5.74, 6) is -0.372. The van der Waals surface area contributed by atoms with Crippen LogP contribution in [-0.4, -0.2) is 51.2 Å². The number of nitrogens with zero attached hydrogens (tertiary/aromatic N) is 3. The molecule has 1 saturated carbocycles. The van der Waals surface area contributed by atoms with E-state index >= 15 is 0 Å². The zero-order valence-electron chi connectivity index (χ0n) is 19.8. The normalized spacial score (nSPS) is 16.7. The quantitative estimate of drug-likeness (QED) is 0.404. The van der Waals surface area contributed by atoms with E-state index in [0.29, 0.717) is 37.1 Å². The molecular formula is C27H29N5O3. The van der Waals surface area contributed by atoms with E-state index in [1.165, 1.54) is 4.90 Å². The molecular weight excluding hydrogens is 442 g/mol. The molecule has 2 N–H and O–H groups in total. The second kappa shape index (κ2) is 9.37. The molecule has 35 heavy (non-hydrogen) atoms. The van der Waals surface area contributed by atoms with Gasteiger partial charge >= 0.3 is 6.03 Å². The molecule has 0 radical (unpaired) electrons. The Morgan fingerprint density at radius 3 is 2.49 bits per heavy atom. The topological polar surface area (TPSA) is 96.3 Å². The van der Waals surface area contributed by atoms with E-state index in [0.717, 1.165) is 29.7 Å². The minimum atomic E-state index is -0.699. The number of hydrogen-bond acceptors (Lipinski definition) is 4. The first-order valence-electron chi connectivity index (χ1n) is 12.1. The van der Waals surface area contributed by atoms with Crippen LogP contribution in [0.15, 0.2) is 60.8 Å². The summed E-state index contributed by atoms with van der Waals surface area (Å²) in [7, 11) is 0. The van der Waals surface area contributed by atoms with Gasteiger partial charge in [-0.05, 0) is 38.3 Å². The lowest BCUT2D eigenvalue weighted by Crippen LogP contribution is -2.44. The molecule has 0 bridgehead atoms. The van der Waals surface area contributed by atoms with E-state index in [4.69, 9.17) is 5.10 Å². The van der Waals surface area contributed by atoms with Crippen LogP contribution in [0.3, 0.4) is 0 Å². The highest BCUT2D eigenvalue weighted by atomic mass is 16.2. The number of benzene rings is 2. The van der Waals surface area contributed by atoms with E-state index in [2.05, 4.69) is 10.6 Å².